The number of phosphoric acid groups is 4. The summed E-state index contributed by atoms with van der Waals surface area (Å²) in [4.78, 5) is 86.2. The van der Waals surface area contributed by atoms with Gasteiger partial charge in [0, 0.05) is 84.1 Å². The third kappa shape index (κ3) is 1560. The standard InChI is InChI=1S/4H3O4P.O.3Zr/c4*1-5(2,3)4;;;;/h4*(H3,1,2,3,4);;;;. The molecule has 0 spiro atoms. The Hall–Kier alpha value is 3.05. The van der Waals surface area contributed by atoms with Crippen molar-refractivity contribution in [3.63, 3.8) is 0 Å². The molecule has 0 bridgehead atoms. The zero-order valence-corrected chi connectivity index (χ0v) is 21.6. The van der Waals surface area contributed by atoms with Gasteiger partial charge in [-0.15, -0.1) is 0 Å². The second-order valence-electron chi connectivity index (χ2n) is 2.05. The summed E-state index contributed by atoms with van der Waals surface area (Å²) < 4.78 is 35.5. The van der Waals surface area contributed by atoms with Gasteiger partial charge in [-0.2, -0.15) is 0 Å². The zero-order chi connectivity index (χ0) is 18.0. The molecule has 17 nitrogen and oxygen atoms in total. The predicted molar refractivity (Wildman–Crippen MR) is 57.7 cm³/mol. The molecule has 0 rings (SSSR count). The van der Waals surface area contributed by atoms with Gasteiger partial charge in [0.25, 0.3) is 0 Å². The first-order chi connectivity index (χ1) is 8.00. The summed E-state index contributed by atoms with van der Waals surface area (Å²) in [6, 6.07) is 0. The Morgan fingerprint density at radius 1 is 0.333 bits per heavy atom. The van der Waals surface area contributed by atoms with Crippen LogP contribution in [0.15, 0.2) is 0 Å². The molecule has 0 atom stereocenters. The van der Waals surface area contributed by atoms with Crippen LogP contribution in [0, 0.1) is 0 Å². The van der Waals surface area contributed by atoms with Crippen molar-refractivity contribution in [2.24, 2.45) is 0 Å². The second kappa shape index (κ2) is 22.3. The molecule has 0 aromatic rings. The van der Waals surface area contributed by atoms with Crippen LogP contribution in [-0.4, -0.2) is 58.7 Å². The number of rotatable bonds is 0. The molecule has 0 aliphatic heterocycles. The van der Waals surface area contributed by atoms with E-state index in [0.29, 0.717) is 0 Å². The van der Waals surface area contributed by atoms with E-state index in [4.69, 9.17) is 77.0 Å². The van der Waals surface area contributed by atoms with Crippen molar-refractivity contribution in [3.8, 4) is 0 Å². The first-order valence-electron chi connectivity index (χ1n) is 3.13. The van der Waals surface area contributed by atoms with E-state index in [2.05, 4.69) is 0 Å². The maximum Gasteiger partial charge on any atom is 0.466 e. The normalized spacial score (nSPS) is 9.83. The quantitative estimate of drug-likeness (QED) is 0.109. The monoisotopic (exact) mass is 678 g/mol. The van der Waals surface area contributed by atoms with Gasteiger partial charge in [0.15, 0.2) is 0 Å². The Balaban J connectivity index is -0.0000000225. The van der Waals surface area contributed by atoms with E-state index in [1.54, 1.807) is 0 Å². The Morgan fingerprint density at radius 2 is 0.333 bits per heavy atom. The fourth-order valence-corrected chi connectivity index (χ4v) is 0. The van der Waals surface area contributed by atoms with Crippen LogP contribution in [0.5, 0.6) is 0 Å². The van der Waals surface area contributed by atoms with Crippen LogP contribution < -0.4 is 0 Å². The van der Waals surface area contributed by atoms with Gasteiger partial charge in [-0.05, 0) is 0 Å². The Labute approximate surface area is 190 Å². The molecule has 0 saturated heterocycles. The summed E-state index contributed by atoms with van der Waals surface area (Å²) in [5.74, 6) is 0. The fourth-order valence-electron chi connectivity index (χ4n) is 0. The summed E-state index contributed by atoms with van der Waals surface area (Å²) >= 11 is 0. The third-order valence-corrected chi connectivity index (χ3v) is 0. The van der Waals surface area contributed by atoms with Crippen LogP contribution in [0.3, 0.4) is 0 Å². The molecule has 0 aromatic carbocycles. The molecule has 0 fully saturated rings. The van der Waals surface area contributed by atoms with Gasteiger partial charge in [0.2, 0.25) is 0 Å². The summed E-state index contributed by atoms with van der Waals surface area (Å²) in [5.41, 5.74) is 0. The largest absolute Gasteiger partial charge is 0.466 e. The van der Waals surface area contributed by atoms with E-state index in [1.807, 2.05) is 0 Å². The fraction of sp³-hybridized carbons (Fsp3) is 0. The van der Waals surface area contributed by atoms with Crippen molar-refractivity contribution in [2.75, 3.05) is 0 Å². The SMILES string of the molecule is O=P(O)(O)O.O=P(O)(O)O.O=P(O)(O)O.O=P(O)(O)O.[O].[Zr].[Zr].[Zr]. The van der Waals surface area contributed by atoms with Gasteiger partial charge in [0.1, 0.15) is 0 Å². The van der Waals surface area contributed by atoms with E-state index >= 15 is 0 Å². The third-order valence-electron chi connectivity index (χ3n) is 0. The molecule has 0 amide bonds. The van der Waals surface area contributed by atoms with Gasteiger partial charge in [-0.3, -0.25) is 0 Å². The summed E-state index contributed by atoms with van der Waals surface area (Å²) in [7, 11) is -18.6. The van der Waals surface area contributed by atoms with Gasteiger partial charge in [0.05, 0.1) is 0 Å². The van der Waals surface area contributed by atoms with Crippen molar-refractivity contribution in [3.05, 3.63) is 0 Å². The van der Waals surface area contributed by atoms with Gasteiger partial charge in [-0.25, -0.2) is 18.3 Å². The molecule has 0 aromatic heterocycles. The van der Waals surface area contributed by atoms with Crippen molar-refractivity contribution >= 4 is 31.3 Å². The van der Waals surface area contributed by atoms with Crippen molar-refractivity contribution < 1.29 is 161 Å². The molecule has 0 unspecified atom stereocenters. The van der Waals surface area contributed by atoms with Crippen molar-refractivity contribution in [1.82, 2.24) is 0 Å². The molecule has 2 radical (unpaired) electrons. The molecule has 0 saturated carbocycles. The minimum Gasteiger partial charge on any atom is -0.303 e. The van der Waals surface area contributed by atoms with Crippen LogP contribution in [0.2, 0.25) is 0 Å². The van der Waals surface area contributed by atoms with E-state index < -0.39 is 31.3 Å². The molecule has 24 heavy (non-hydrogen) atoms. The molecule has 146 valence electrons. The summed E-state index contributed by atoms with van der Waals surface area (Å²) in [6.45, 7) is 0. The van der Waals surface area contributed by atoms with E-state index in [9.17, 15) is 0 Å². The van der Waals surface area contributed by atoms with Crippen molar-refractivity contribution in [1.29, 1.82) is 0 Å². The second-order valence-corrected chi connectivity index (χ2v) is 6.16. The summed E-state index contributed by atoms with van der Waals surface area (Å²) in [5, 5.41) is 0. The molecule has 24 heteroatoms. The van der Waals surface area contributed by atoms with E-state index in [-0.39, 0.29) is 84.1 Å². The summed E-state index contributed by atoms with van der Waals surface area (Å²) in [6.07, 6.45) is 0. The van der Waals surface area contributed by atoms with Crippen LogP contribution in [-0.2, 0) is 102 Å². The van der Waals surface area contributed by atoms with Gasteiger partial charge in [-0.1, -0.05) is 0 Å². The van der Waals surface area contributed by atoms with Crippen LogP contribution in [0.1, 0.15) is 0 Å². The number of hydrogen-bond acceptors (Lipinski definition) is 4. The first kappa shape index (κ1) is 50.6. The maximum atomic E-state index is 8.88. The molecule has 0 aliphatic carbocycles. The maximum absolute atomic E-state index is 8.88. The smallest absolute Gasteiger partial charge is 0.303 e. The first-order valence-corrected chi connectivity index (χ1v) is 9.39. The van der Waals surface area contributed by atoms with Crippen LogP contribution in [0.4, 0.5) is 0 Å². The van der Waals surface area contributed by atoms with Crippen LogP contribution in [0.25, 0.3) is 0 Å². The van der Waals surface area contributed by atoms with E-state index in [0.717, 1.165) is 0 Å². The molecular formula is H12O17P4Zr3. The zero-order valence-electron chi connectivity index (χ0n) is 10.7. The van der Waals surface area contributed by atoms with Gasteiger partial charge >= 0.3 is 31.3 Å². The Kier molecular flexibility index (Phi) is 47.1. The predicted octanol–water partition coefficient (Wildman–Crippen LogP) is -3.84. The average molecular weight is 682 g/mol. The molecule has 0 heterocycles. The minimum absolute atomic E-state index is 0. The van der Waals surface area contributed by atoms with E-state index in [1.165, 1.54) is 0 Å². The Bertz CT molecular complexity index is 292. The average Bonchev–Trinajstić information content (AvgIpc) is 1.62. The molecular weight excluding hydrogens is 670 g/mol. The Morgan fingerprint density at radius 3 is 0.333 bits per heavy atom. The van der Waals surface area contributed by atoms with Gasteiger partial charge < -0.3 is 58.7 Å². The molecule has 12 N–H and O–H groups in total. The number of hydrogen-bond donors (Lipinski definition) is 12. The molecule has 0 aliphatic rings. The van der Waals surface area contributed by atoms with Crippen LogP contribution >= 0.6 is 31.3 Å². The van der Waals surface area contributed by atoms with Crippen molar-refractivity contribution in [2.45, 2.75) is 0 Å². The topological polar surface area (TPSA) is 340 Å². The minimum atomic E-state index is -4.64.